The van der Waals surface area contributed by atoms with E-state index in [4.69, 9.17) is 0 Å². The normalized spacial score (nSPS) is 11.4. The first-order valence-electron chi connectivity index (χ1n) is 11.2. The van der Waals surface area contributed by atoms with E-state index in [0.717, 1.165) is 0 Å². The fraction of sp³-hybridized carbons (Fsp3) is 0.0625. The van der Waals surface area contributed by atoms with Gasteiger partial charge in [-0.25, -0.2) is 0 Å². The molecule has 0 bridgehead atoms. The smallest absolute Gasteiger partial charge is 0.00267 e. The van der Waals surface area contributed by atoms with Crippen molar-refractivity contribution in [3.8, 4) is 22.3 Å². The van der Waals surface area contributed by atoms with Gasteiger partial charge in [0.05, 0.1) is 0 Å². The monoisotopic (exact) mass is 408 g/mol. The molecule has 0 heteroatoms. The lowest BCUT2D eigenvalue weighted by Crippen LogP contribution is -1.90. The number of rotatable bonds is 2. The van der Waals surface area contributed by atoms with E-state index in [2.05, 4.69) is 123 Å². The van der Waals surface area contributed by atoms with Gasteiger partial charge >= 0.3 is 0 Å². The first kappa shape index (κ1) is 18.8. The van der Waals surface area contributed by atoms with Crippen LogP contribution in [-0.4, -0.2) is 0 Å². The Balaban J connectivity index is 1.69. The van der Waals surface area contributed by atoms with Gasteiger partial charge in [-0.15, -0.1) is 0 Å². The number of fused-ring (bicyclic) bond motifs is 4. The Morgan fingerprint density at radius 3 is 1.97 bits per heavy atom. The molecular formula is C32H24. The third kappa shape index (κ3) is 2.99. The summed E-state index contributed by atoms with van der Waals surface area (Å²) < 4.78 is 0. The highest BCUT2D eigenvalue weighted by molar-refractivity contribution is 6.10. The quantitative estimate of drug-likeness (QED) is 0.251. The van der Waals surface area contributed by atoms with E-state index in [9.17, 15) is 0 Å². The van der Waals surface area contributed by atoms with Crippen molar-refractivity contribution in [1.29, 1.82) is 0 Å². The molecule has 0 heterocycles. The predicted octanol–water partition coefficient (Wildman–Crippen LogP) is 9.10. The zero-order valence-corrected chi connectivity index (χ0v) is 18.4. The Bertz CT molecular complexity index is 1620. The summed E-state index contributed by atoms with van der Waals surface area (Å²) in [7, 11) is 0. The van der Waals surface area contributed by atoms with Crippen LogP contribution < -0.4 is 0 Å². The van der Waals surface area contributed by atoms with Crippen LogP contribution in [0.25, 0.3) is 54.6 Å². The largest absolute Gasteiger partial charge is 0.0616 e. The first-order valence-corrected chi connectivity index (χ1v) is 11.2. The molecule has 0 saturated carbocycles. The number of benzene rings is 6. The summed E-state index contributed by atoms with van der Waals surface area (Å²) in [4.78, 5) is 0. The van der Waals surface area contributed by atoms with Crippen molar-refractivity contribution in [2.24, 2.45) is 0 Å². The molecule has 0 aliphatic rings. The Kier molecular flexibility index (Phi) is 4.33. The SMILES string of the molecule is Cc1ccc(-c2c(-c3ccc4ccc5ccccc5c4c3)ccc3c(C)cccc23)cc1. The van der Waals surface area contributed by atoms with Crippen LogP contribution in [0, 0.1) is 13.8 Å². The van der Waals surface area contributed by atoms with E-state index >= 15 is 0 Å². The summed E-state index contributed by atoms with van der Waals surface area (Å²) in [5.74, 6) is 0. The fourth-order valence-electron chi connectivity index (χ4n) is 4.96. The van der Waals surface area contributed by atoms with Gasteiger partial charge in [-0.3, -0.25) is 0 Å². The van der Waals surface area contributed by atoms with Gasteiger partial charge in [0.15, 0.2) is 0 Å². The van der Waals surface area contributed by atoms with E-state index < -0.39 is 0 Å². The average molecular weight is 409 g/mol. The maximum absolute atomic E-state index is 2.37. The van der Waals surface area contributed by atoms with Crippen LogP contribution in [0.2, 0.25) is 0 Å². The average Bonchev–Trinajstić information content (AvgIpc) is 2.84. The van der Waals surface area contributed by atoms with Crippen LogP contribution in [0.1, 0.15) is 11.1 Å². The van der Waals surface area contributed by atoms with Gasteiger partial charge in [-0.05, 0) is 80.0 Å². The molecule has 6 aromatic rings. The highest BCUT2D eigenvalue weighted by Crippen LogP contribution is 2.40. The van der Waals surface area contributed by atoms with Crippen LogP contribution in [-0.2, 0) is 0 Å². The molecule has 0 amide bonds. The summed E-state index contributed by atoms with van der Waals surface area (Å²) in [6.45, 7) is 4.34. The van der Waals surface area contributed by atoms with Crippen molar-refractivity contribution in [2.75, 3.05) is 0 Å². The lowest BCUT2D eigenvalue weighted by atomic mass is 9.87. The van der Waals surface area contributed by atoms with Gasteiger partial charge in [0.2, 0.25) is 0 Å². The molecule has 0 N–H and O–H groups in total. The van der Waals surface area contributed by atoms with Crippen LogP contribution in [0.4, 0.5) is 0 Å². The summed E-state index contributed by atoms with van der Waals surface area (Å²) >= 11 is 0. The summed E-state index contributed by atoms with van der Waals surface area (Å²) in [5.41, 5.74) is 7.70. The highest BCUT2D eigenvalue weighted by Gasteiger charge is 2.14. The number of hydrogen-bond donors (Lipinski definition) is 0. The zero-order chi connectivity index (χ0) is 21.7. The molecule has 0 aromatic heterocycles. The Hall–Kier alpha value is -3.90. The Morgan fingerprint density at radius 2 is 1.12 bits per heavy atom. The molecular weight excluding hydrogens is 384 g/mol. The van der Waals surface area contributed by atoms with Gasteiger partial charge in [-0.2, -0.15) is 0 Å². The van der Waals surface area contributed by atoms with E-state index in [0.29, 0.717) is 0 Å². The standard InChI is InChI=1S/C32H24/c1-21-10-12-25(13-11-21)32-29(19-18-27-22(2)6-5-9-30(27)32)26-17-16-24-15-14-23-7-3-4-8-28(23)31(24)20-26/h3-20H,1-2H3. The number of hydrogen-bond acceptors (Lipinski definition) is 0. The van der Waals surface area contributed by atoms with Gasteiger partial charge < -0.3 is 0 Å². The second-order valence-electron chi connectivity index (χ2n) is 8.75. The second kappa shape index (κ2) is 7.35. The fourth-order valence-corrected chi connectivity index (χ4v) is 4.96. The van der Waals surface area contributed by atoms with Crippen molar-refractivity contribution in [2.45, 2.75) is 13.8 Å². The molecule has 0 radical (unpaired) electrons. The number of aryl methyl sites for hydroxylation is 2. The van der Waals surface area contributed by atoms with Gasteiger partial charge in [0, 0.05) is 0 Å². The van der Waals surface area contributed by atoms with E-state index in [1.807, 2.05) is 0 Å². The first-order chi connectivity index (χ1) is 15.7. The molecule has 0 nitrogen and oxygen atoms in total. The molecule has 0 fully saturated rings. The molecule has 0 spiro atoms. The highest BCUT2D eigenvalue weighted by atomic mass is 14.2. The van der Waals surface area contributed by atoms with Crippen LogP contribution in [0.5, 0.6) is 0 Å². The molecule has 32 heavy (non-hydrogen) atoms. The van der Waals surface area contributed by atoms with E-state index in [1.54, 1.807) is 0 Å². The van der Waals surface area contributed by atoms with Crippen molar-refractivity contribution >= 4 is 32.3 Å². The second-order valence-corrected chi connectivity index (χ2v) is 8.75. The molecule has 0 unspecified atom stereocenters. The molecule has 6 aromatic carbocycles. The lowest BCUT2D eigenvalue weighted by Gasteiger charge is -2.16. The third-order valence-corrected chi connectivity index (χ3v) is 6.68. The minimum absolute atomic E-state index is 1.26. The maximum atomic E-state index is 2.37. The summed E-state index contributed by atoms with van der Waals surface area (Å²) in [6, 6.07) is 40.2. The summed E-state index contributed by atoms with van der Waals surface area (Å²) in [5, 5.41) is 7.80. The molecule has 6 rings (SSSR count). The van der Waals surface area contributed by atoms with Crippen LogP contribution in [0.15, 0.2) is 109 Å². The topological polar surface area (TPSA) is 0 Å². The zero-order valence-electron chi connectivity index (χ0n) is 18.4. The van der Waals surface area contributed by atoms with Crippen LogP contribution >= 0.6 is 0 Å². The van der Waals surface area contributed by atoms with E-state index in [1.165, 1.54) is 65.7 Å². The molecule has 152 valence electrons. The molecule has 0 aliphatic heterocycles. The van der Waals surface area contributed by atoms with Gasteiger partial charge in [0.25, 0.3) is 0 Å². The van der Waals surface area contributed by atoms with Crippen molar-refractivity contribution in [3.63, 3.8) is 0 Å². The Morgan fingerprint density at radius 1 is 0.438 bits per heavy atom. The van der Waals surface area contributed by atoms with Crippen molar-refractivity contribution in [1.82, 2.24) is 0 Å². The minimum Gasteiger partial charge on any atom is -0.0616 e. The van der Waals surface area contributed by atoms with Crippen molar-refractivity contribution < 1.29 is 0 Å². The Labute approximate surface area is 188 Å². The minimum atomic E-state index is 1.26. The maximum Gasteiger partial charge on any atom is -0.00267 e. The van der Waals surface area contributed by atoms with Crippen LogP contribution in [0.3, 0.4) is 0 Å². The molecule has 0 saturated heterocycles. The lowest BCUT2D eigenvalue weighted by molar-refractivity contribution is 1.47. The van der Waals surface area contributed by atoms with Gasteiger partial charge in [-0.1, -0.05) is 109 Å². The predicted molar refractivity (Wildman–Crippen MR) is 139 cm³/mol. The van der Waals surface area contributed by atoms with Crippen molar-refractivity contribution in [3.05, 3.63) is 120 Å². The third-order valence-electron chi connectivity index (χ3n) is 6.68. The molecule has 0 aliphatic carbocycles. The van der Waals surface area contributed by atoms with Gasteiger partial charge in [0.1, 0.15) is 0 Å². The van der Waals surface area contributed by atoms with E-state index in [-0.39, 0.29) is 0 Å². The molecule has 0 atom stereocenters. The summed E-state index contributed by atoms with van der Waals surface area (Å²) in [6.07, 6.45) is 0.